The molecule has 1 aliphatic carbocycles. The van der Waals surface area contributed by atoms with E-state index >= 15 is 0 Å². The van der Waals surface area contributed by atoms with Crippen LogP contribution in [0.15, 0.2) is 53.4 Å². The first-order chi connectivity index (χ1) is 12.8. The third kappa shape index (κ3) is 4.01. The summed E-state index contributed by atoms with van der Waals surface area (Å²) < 4.78 is 13.2. The van der Waals surface area contributed by atoms with E-state index in [1.807, 2.05) is 45.0 Å². The van der Waals surface area contributed by atoms with Crippen LogP contribution >= 0.6 is 0 Å². The van der Waals surface area contributed by atoms with Crippen molar-refractivity contribution in [3.05, 3.63) is 70.8 Å². The minimum absolute atomic E-state index is 0.00345. The fraction of sp³-hybridized carbons (Fsp3) is 0.304. The Labute approximate surface area is 163 Å². The van der Waals surface area contributed by atoms with Gasteiger partial charge in [-0.05, 0) is 62.6 Å². The van der Waals surface area contributed by atoms with Gasteiger partial charge in [-0.25, -0.2) is 0 Å². The first-order valence-electron chi connectivity index (χ1n) is 9.07. The summed E-state index contributed by atoms with van der Waals surface area (Å²) in [6.07, 6.45) is 1.81. The van der Waals surface area contributed by atoms with Crippen LogP contribution in [0.4, 0.5) is 0 Å². The number of Topliss-reactive ketones (excluding diaryl/α,β-unsaturated/α-hetero) is 1. The van der Waals surface area contributed by atoms with Gasteiger partial charge in [0.2, 0.25) is 0 Å². The van der Waals surface area contributed by atoms with Gasteiger partial charge in [-0.15, -0.1) is 0 Å². The van der Waals surface area contributed by atoms with Gasteiger partial charge >= 0.3 is 0 Å². The lowest BCUT2D eigenvalue weighted by Gasteiger charge is -2.22. The monoisotopic (exact) mass is 380 g/mol. The zero-order valence-corrected chi connectivity index (χ0v) is 16.9. The quantitative estimate of drug-likeness (QED) is 0.775. The topological polar surface area (TPSA) is 51.2 Å². The second-order valence-corrected chi connectivity index (χ2v) is 8.94. The molecule has 3 nitrogen and oxygen atoms in total. The van der Waals surface area contributed by atoms with E-state index in [9.17, 15) is 13.8 Å². The third-order valence-electron chi connectivity index (χ3n) is 5.03. The molecule has 3 rings (SSSR count). The molecule has 4 heteroatoms. The second-order valence-electron chi connectivity index (χ2n) is 7.36. The van der Waals surface area contributed by atoms with Crippen molar-refractivity contribution in [3.63, 3.8) is 0 Å². The zero-order chi connectivity index (χ0) is 19.7. The van der Waals surface area contributed by atoms with Crippen LogP contribution < -0.4 is 0 Å². The molecule has 3 atom stereocenters. The second kappa shape index (κ2) is 7.73. The Morgan fingerprint density at radius 3 is 2.22 bits per heavy atom. The van der Waals surface area contributed by atoms with Crippen LogP contribution in [0.5, 0.6) is 0 Å². The molecule has 0 amide bonds. The Morgan fingerprint density at radius 2 is 1.63 bits per heavy atom. The standard InChI is InChI=1S/C23H24O3S/c1-14-5-8-18(9-6-14)27(26)23-21(12-17(4)24)20(13-22(23)25)19-10-7-15(2)11-16(19)3/h5-11,13,21,23H,12H2,1-4H3/t21-,23+,27-/m1/s1. The number of allylic oxidation sites excluding steroid dienone is 2. The van der Waals surface area contributed by atoms with Crippen LogP contribution in [0.1, 0.15) is 35.6 Å². The Morgan fingerprint density at radius 1 is 1.00 bits per heavy atom. The van der Waals surface area contributed by atoms with Crippen molar-refractivity contribution in [3.8, 4) is 0 Å². The first-order valence-corrected chi connectivity index (χ1v) is 10.3. The van der Waals surface area contributed by atoms with Crippen molar-refractivity contribution >= 4 is 27.9 Å². The van der Waals surface area contributed by atoms with Crippen LogP contribution in [-0.2, 0) is 20.4 Å². The van der Waals surface area contributed by atoms with Crippen LogP contribution in [0.2, 0.25) is 0 Å². The number of carbonyl (C=O) groups is 2. The lowest BCUT2D eigenvalue weighted by atomic mass is 9.88. The summed E-state index contributed by atoms with van der Waals surface area (Å²) in [6.45, 7) is 7.51. The Balaban J connectivity index is 2.02. The molecule has 0 heterocycles. The number of hydrogen-bond acceptors (Lipinski definition) is 3. The highest BCUT2D eigenvalue weighted by Crippen LogP contribution is 2.40. The number of benzene rings is 2. The molecule has 0 spiro atoms. The molecule has 1 aliphatic rings. The smallest absolute Gasteiger partial charge is 0.172 e. The average Bonchev–Trinajstić information content (AvgIpc) is 2.90. The van der Waals surface area contributed by atoms with Crippen molar-refractivity contribution < 1.29 is 13.8 Å². The average molecular weight is 381 g/mol. The van der Waals surface area contributed by atoms with Gasteiger partial charge in [0.1, 0.15) is 11.0 Å². The van der Waals surface area contributed by atoms with E-state index in [0.717, 1.165) is 27.8 Å². The number of ketones is 2. The largest absolute Gasteiger partial charge is 0.300 e. The molecule has 0 N–H and O–H groups in total. The highest BCUT2D eigenvalue weighted by Gasteiger charge is 2.42. The summed E-state index contributed by atoms with van der Waals surface area (Å²) in [4.78, 5) is 25.4. The van der Waals surface area contributed by atoms with Crippen LogP contribution in [-0.4, -0.2) is 21.0 Å². The van der Waals surface area contributed by atoms with E-state index in [4.69, 9.17) is 0 Å². The minimum Gasteiger partial charge on any atom is -0.300 e. The maximum atomic E-state index is 13.2. The maximum absolute atomic E-state index is 13.2. The van der Waals surface area contributed by atoms with E-state index in [-0.39, 0.29) is 23.9 Å². The molecule has 2 aromatic rings. The highest BCUT2D eigenvalue weighted by atomic mass is 32.2. The number of aryl methyl sites for hydroxylation is 3. The van der Waals surface area contributed by atoms with E-state index in [2.05, 4.69) is 6.07 Å². The van der Waals surface area contributed by atoms with E-state index in [1.54, 1.807) is 18.2 Å². The molecule has 0 unspecified atom stereocenters. The van der Waals surface area contributed by atoms with E-state index in [1.165, 1.54) is 6.92 Å². The van der Waals surface area contributed by atoms with E-state index < -0.39 is 16.0 Å². The van der Waals surface area contributed by atoms with Crippen molar-refractivity contribution in [2.24, 2.45) is 5.92 Å². The van der Waals surface area contributed by atoms with Gasteiger partial charge in [0.05, 0.1) is 10.8 Å². The van der Waals surface area contributed by atoms with Crippen molar-refractivity contribution in [2.45, 2.75) is 44.3 Å². The van der Waals surface area contributed by atoms with Gasteiger partial charge in [0, 0.05) is 17.2 Å². The van der Waals surface area contributed by atoms with Crippen LogP contribution in [0, 0.1) is 26.7 Å². The van der Waals surface area contributed by atoms with Gasteiger partial charge in [0.15, 0.2) is 5.78 Å². The highest BCUT2D eigenvalue weighted by molar-refractivity contribution is 7.86. The fourth-order valence-corrected chi connectivity index (χ4v) is 5.24. The Hall–Kier alpha value is -2.33. The summed E-state index contributed by atoms with van der Waals surface area (Å²) in [5.74, 6) is -0.523. The van der Waals surface area contributed by atoms with Gasteiger partial charge in [-0.2, -0.15) is 0 Å². The molecule has 0 aromatic heterocycles. The minimum atomic E-state index is -1.50. The fourth-order valence-electron chi connectivity index (χ4n) is 3.72. The zero-order valence-electron chi connectivity index (χ0n) is 16.1. The summed E-state index contributed by atoms with van der Waals surface area (Å²) in [5.41, 5.74) is 5.07. The number of carbonyl (C=O) groups excluding carboxylic acids is 2. The molecule has 140 valence electrons. The molecule has 0 bridgehead atoms. The molecule has 27 heavy (non-hydrogen) atoms. The SMILES string of the molecule is CC(=O)C[C@@H]1C(c2ccc(C)cc2C)=CC(=O)[C@H]1[S@](=O)c1ccc(C)cc1. The van der Waals surface area contributed by atoms with Gasteiger partial charge < -0.3 is 4.79 Å². The lowest BCUT2D eigenvalue weighted by Crippen LogP contribution is -2.30. The van der Waals surface area contributed by atoms with Crippen LogP contribution in [0.25, 0.3) is 5.57 Å². The molecule has 0 fully saturated rings. The lowest BCUT2D eigenvalue weighted by molar-refractivity contribution is -0.117. The molecular formula is C23H24O3S. The normalized spacial score (nSPS) is 20.4. The van der Waals surface area contributed by atoms with Gasteiger partial charge in [-0.3, -0.25) is 9.00 Å². The third-order valence-corrected chi connectivity index (χ3v) is 6.79. The first kappa shape index (κ1) is 19.4. The molecule has 2 aromatic carbocycles. The molecular weight excluding hydrogens is 356 g/mol. The van der Waals surface area contributed by atoms with Crippen LogP contribution in [0.3, 0.4) is 0 Å². The predicted molar refractivity (Wildman–Crippen MR) is 109 cm³/mol. The number of hydrogen-bond donors (Lipinski definition) is 0. The summed E-state index contributed by atoms with van der Waals surface area (Å²) in [6, 6.07) is 13.5. The molecule has 0 radical (unpaired) electrons. The van der Waals surface area contributed by atoms with Gasteiger partial charge in [-0.1, -0.05) is 41.5 Å². The Bertz CT molecular complexity index is 954. The maximum Gasteiger partial charge on any atom is 0.172 e. The van der Waals surface area contributed by atoms with Gasteiger partial charge in [0.25, 0.3) is 0 Å². The number of rotatable bonds is 5. The summed E-state index contributed by atoms with van der Waals surface area (Å²) in [5, 5.41) is -0.715. The predicted octanol–water partition coefficient (Wildman–Crippen LogP) is 4.35. The van der Waals surface area contributed by atoms with Crippen molar-refractivity contribution in [1.29, 1.82) is 0 Å². The summed E-state index contributed by atoms with van der Waals surface area (Å²) >= 11 is 0. The Kier molecular flexibility index (Phi) is 5.56. The molecule has 0 saturated heterocycles. The van der Waals surface area contributed by atoms with Crippen molar-refractivity contribution in [1.82, 2.24) is 0 Å². The van der Waals surface area contributed by atoms with E-state index in [0.29, 0.717) is 4.90 Å². The molecule has 0 aliphatic heterocycles. The summed E-state index contributed by atoms with van der Waals surface area (Å²) in [7, 11) is -1.50. The van der Waals surface area contributed by atoms with Crippen molar-refractivity contribution in [2.75, 3.05) is 0 Å². The molecule has 0 saturated carbocycles.